The second-order valence-corrected chi connectivity index (χ2v) is 4.55. The van der Waals surface area contributed by atoms with E-state index in [1.807, 2.05) is 18.2 Å². The lowest BCUT2D eigenvalue weighted by molar-refractivity contribution is 0.237. The number of hydrogen-bond acceptors (Lipinski definition) is 2. The van der Waals surface area contributed by atoms with Crippen molar-refractivity contribution in [3.63, 3.8) is 0 Å². The van der Waals surface area contributed by atoms with E-state index in [0.29, 0.717) is 5.75 Å². The molecule has 0 aromatic heterocycles. The predicted molar refractivity (Wildman–Crippen MR) is 55.0 cm³/mol. The van der Waals surface area contributed by atoms with E-state index in [1.165, 1.54) is 19.4 Å². The Morgan fingerprint density at radius 3 is 2.71 bits per heavy atom. The third-order valence-electron chi connectivity index (χ3n) is 3.58. The molecule has 0 unspecified atom stereocenters. The first-order valence-corrected chi connectivity index (χ1v) is 5.34. The number of rotatable bonds is 2. The van der Waals surface area contributed by atoms with Gasteiger partial charge in [0.15, 0.2) is 0 Å². The molecule has 4 rings (SSSR count). The van der Waals surface area contributed by atoms with Crippen molar-refractivity contribution < 1.29 is 5.11 Å². The van der Waals surface area contributed by atoms with Gasteiger partial charge in [-0.05, 0) is 24.8 Å². The van der Waals surface area contributed by atoms with Gasteiger partial charge >= 0.3 is 0 Å². The molecule has 3 fully saturated rings. The largest absolute Gasteiger partial charge is 0.508 e. The van der Waals surface area contributed by atoms with Gasteiger partial charge in [0.05, 0.1) is 0 Å². The monoisotopic (exact) mass is 189 g/mol. The highest BCUT2D eigenvalue weighted by Crippen LogP contribution is 2.41. The summed E-state index contributed by atoms with van der Waals surface area (Å²) in [4.78, 5) is 2.50. The van der Waals surface area contributed by atoms with Crippen molar-refractivity contribution in [2.75, 3.05) is 6.54 Å². The first-order chi connectivity index (χ1) is 6.83. The quantitative estimate of drug-likeness (QED) is 0.769. The standard InChI is InChI=1S/C12H15NO/c14-12-4-2-1-3-10(12)8-13-7-9-5-11(13)6-9/h1-4,9,11,14H,5-8H2. The van der Waals surface area contributed by atoms with E-state index < -0.39 is 0 Å². The fraction of sp³-hybridized carbons (Fsp3) is 0.500. The van der Waals surface area contributed by atoms with Crippen LogP contribution in [0.1, 0.15) is 18.4 Å². The smallest absolute Gasteiger partial charge is 0.120 e. The summed E-state index contributed by atoms with van der Waals surface area (Å²) in [5, 5.41) is 9.64. The minimum Gasteiger partial charge on any atom is -0.508 e. The average molecular weight is 189 g/mol. The van der Waals surface area contributed by atoms with Gasteiger partial charge in [0.2, 0.25) is 0 Å². The number of aromatic hydroxyl groups is 1. The Labute approximate surface area is 84.2 Å². The third kappa shape index (κ3) is 1.22. The lowest BCUT2D eigenvalue weighted by atomic mass is 9.86. The van der Waals surface area contributed by atoms with Gasteiger partial charge in [-0.3, -0.25) is 4.90 Å². The maximum absolute atomic E-state index is 9.64. The molecule has 0 atom stereocenters. The minimum atomic E-state index is 0.441. The topological polar surface area (TPSA) is 23.5 Å². The molecule has 0 amide bonds. The highest BCUT2D eigenvalue weighted by Gasteiger charge is 2.42. The highest BCUT2D eigenvalue weighted by molar-refractivity contribution is 5.31. The predicted octanol–water partition coefficient (Wildman–Crippen LogP) is 1.99. The van der Waals surface area contributed by atoms with Crippen molar-refractivity contribution in [3.8, 4) is 5.75 Å². The molecule has 1 aliphatic carbocycles. The van der Waals surface area contributed by atoms with E-state index >= 15 is 0 Å². The van der Waals surface area contributed by atoms with E-state index in [9.17, 15) is 5.11 Å². The molecule has 2 saturated heterocycles. The molecule has 14 heavy (non-hydrogen) atoms. The van der Waals surface area contributed by atoms with Crippen molar-refractivity contribution in [3.05, 3.63) is 29.8 Å². The molecule has 0 radical (unpaired) electrons. The second-order valence-electron chi connectivity index (χ2n) is 4.55. The molecular formula is C12H15NO. The highest BCUT2D eigenvalue weighted by atomic mass is 16.3. The zero-order chi connectivity index (χ0) is 9.54. The maximum Gasteiger partial charge on any atom is 0.120 e. The Bertz CT molecular complexity index is 344. The fourth-order valence-corrected chi connectivity index (χ4v) is 2.69. The molecule has 1 aromatic carbocycles. The Morgan fingerprint density at radius 1 is 1.29 bits per heavy atom. The van der Waals surface area contributed by atoms with Crippen LogP contribution in [0.25, 0.3) is 0 Å². The molecule has 0 spiro atoms. The van der Waals surface area contributed by atoms with Gasteiger partial charge in [-0.15, -0.1) is 0 Å². The van der Waals surface area contributed by atoms with Gasteiger partial charge < -0.3 is 5.11 Å². The van der Waals surface area contributed by atoms with Gasteiger partial charge in [-0.25, -0.2) is 0 Å². The van der Waals surface area contributed by atoms with E-state index in [-0.39, 0.29) is 0 Å². The minimum absolute atomic E-state index is 0.441. The number of fused-ring (bicyclic) bond motifs is 1. The first kappa shape index (κ1) is 8.30. The average Bonchev–Trinajstić information content (AvgIpc) is 2.66. The van der Waals surface area contributed by atoms with Gasteiger partial charge in [0.1, 0.15) is 5.75 Å². The number of phenolic OH excluding ortho intramolecular Hbond substituents is 1. The SMILES string of the molecule is Oc1ccccc1CN1CC2CC1C2. The Balaban J connectivity index is 1.75. The van der Waals surface area contributed by atoms with Gasteiger partial charge in [-0.1, -0.05) is 18.2 Å². The van der Waals surface area contributed by atoms with Gasteiger partial charge in [0.25, 0.3) is 0 Å². The maximum atomic E-state index is 9.64. The number of hydrogen-bond donors (Lipinski definition) is 1. The van der Waals surface area contributed by atoms with Crippen LogP contribution in [0.5, 0.6) is 5.75 Å². The third-order valence-corrected chi connectivity index (χ3v) is 3.58. The summed E-state index contributed by atoms with van der Waals surface area (Å²) in [7, 11) is 0. The van der Waals surface area contributed by atoms with Crippen molar-refractivity contribution in [2.45, 2.75) is 25.4 Å². The Morgan fingerprint density at radius 2 is 2.07 bits per heavy atom. The van der Waals surface area contributed by atoms with E-state index in [2.05, 4.69) is 4.90 Å². The van der Waals surface area contributed by atoms with Crippen molar-refractivity contribution in [1.29, 1.82) is 0 Å². The molecule has 2 heterocycles. The van der Waals surface area contributed by atoms with Crippen molar-refractivity contribution in [2.24, 2.45) is 5.92 Å². The number of benzene rings is 1. The van der Waals surface area contributed by atoms with Crippen LogP contribution in [0, 0.1) is 5.92 Å². The van der Waals surface area contributed by atoms with Crippen LogP contribution in [0.2, 0.25) is 0 Å². The van der Waals surface area contributed by atoms with Crippen LogP contribution >= 0.6 is 0 Å². The Kier molecular flexibility index (Phi) is 1.77. The zero-order valence-electron chi connectivity index (χ0n) is 8.19. The molecular weight excluding hydrogens is 174 g/mol. The zero-order valence-corrected chi connectivity index (χ0v) is 8.19. The molecule has 2 bridgehead atoms. The Hall–Kier alpha value is -1.02. The summed E-state index contributed by atoms with van der Waals surface area (Å²) in [6.45, 7) is 2.16. The van der Waals surface area contributed by atoms with Gasteiger partial charge in [-0.2, -0.15) is 0 Å². The summed E-state index contributed by atoms with van der Waals surface area (Å²) in [5.74, 6) is 1.39. The molecule has 74 valence electrons. The lowest BCUT2D eigenvalue weighted by Crippen LogP contribution is -2.28. The summed E-state index contributed by atoms with van der Waals surface area (Å²) < 4.78 is 0. The van der Waals surface area contributed by atoms with Crippen LogP contribution in [0.4, 0.5) is 0 Å². The molecule has 1 saturated carbocycles. The number of nitrogens with zero attached hydrogens (tertiary/aromatic N) is 1. The van der Waals surface area contributed by atoms with Crippen LogP contribution in [0.3, 0.4) is 0 Å². The fourth-order valence-electron chi connectivity index (χ4n) is 2.69. The van der Waals surface area contributed by atoms with Crippen molar-refractivity contribution in [1.82, 2.24) is 4.90 Å². The lowest BCUT2D eigenvalue weighted by Gasteiger charge is -2.26. The van der Waals surface area contributed by atoms with Crippen LogP contribution in [-0.2, 0) is 6.54 Å². The van der Waals surface area contributed by atoms with E-state index in [1.54, 1.807) is 6.07 Å². The number of para-hydroxylation sites is 1. The second kappa shape index (κ2) is 2.99. The van der Waals surface area contributed by atoms with Crippen LogP contribution < -0.4 is 0 Å². The van der Waals surface area contributed by atoms with Gasteiger partial charge in [0, 0.05) is 24.7 Å². The van der Waals surface area contributed by atoms with Crippen molar-refractivity contribution >= 4 is 0 Å². The molecule has 2 aliphatic heterocycles. The summed E-state index contributed by atoms with van der Waals surface area (Å²) in [6.07, 6.45) is 2.77. The summed E-state index contributed by atoms with van der Waals surface area (Å²) in [5.41, 5.74) is 1.07. The summed E-state index contributed by atoms with van der Waals surface area (Å²) >= 11 is 0. The number of phenols is 1. The molecule has 1 N–H and O–H groups in total. The summed E-state index contributed by atoms with van der Waals surface area (Å²) in [6, 6.07) is 8.47. The normalized spacial score (nSPS) is 30.3. The molecule has 3 aliphatic rings. The van der Waals surface area contributed by atoms with E-state index in [0.717, 1.165) is 24.1 Å². The molecule has 2 heteroatoms. The van der Waals surface area contributed by atoms with E-state index in [4.69, 9.17) is 0 Å². The molecule has 1 aromatic rings. The molecule has 2 nitrogen and oxygen atoms in total. The van der Waals surface area contributed by atoms with Crippen LogP contribution in [0.15, 0.2) is 24.3 Å². The van der Waals surface area contributed by atoms with Crippen LogP contribution in [-0.4, -0.2) is 22.6 Å². The first-order valence-electron chi connectivity index (χ1n) is 5.34.